The van der Waals surface area contributed by atoms with Crippen LogP contribution in [0.25, 0.3) is 0 Å². The molecule has 4 nitrogen and oxygen atoms in total. The van der Waals surface area contributed by atoms with E-state index in [1.165, 1.54) is 0 Å². The topological polar surface area (TPSA) is 33.7 Å². The lowest BCUT2D eigenvalue weighted by molar-refractivity contribution is 0.329. The maximum Gasteiger partial charge on any atom is 0.123 e. The highest BCUT2D eigenvalue weighted by atomic mass is 16.5. The molecule has 1 aromatic carbocycles. The van der Waals surface area contributed by atoms with Gasteiger partial charge in [0.15, 0.2) is 0 Å². The van der Waals surface area contributed by atoms with Crippen molar-refractivity contribution in [2.45, 2.75) is 25.9 Å². The van der Waals surface area contributed by atoms with Crippen LogP contribution in [0.3, 0.4) is 0 Å². The number of hydrogen-bond donors (Lipinski definition) is 1. The molecule has 19 heavy (non-hydrogen) atoms. The molecule has 1 N–H and O–H groups in total. The molecule has 0 aliphatic rings. The summed E-state index contributed by atoms with van der Waals surface area (Å²) < 4.78 is 10.7. The van der Waals surface area contributed by atoms with E-state index in [0.717, 1.165) is 23.6 Å². The summed E-state index contributed by atoms with van der Waals surface area (Å²) in [4.78, 5) is 2.17. The molecule has 0 heterocycles. The lowest BCUT2D eigenvalue weighted by atomic mass is 10.1. The average molecular weight is 266 g/mol. The lowest BCUT2D eigenvalue weighted by Gasteiger charge is -2.24. The Morgan fingerprint density at radius 1 is 1.16 bits per heavy atom. The van der Waals surface area contributed by atoms with Crippen molar-refractivity contribution in [1.82, 2.24) is 10.2 Å². The molecule has 1 rings (SSSR count). The molecule has 0 aromatic heterocycles. The summed E-state index contributed by atoms with van der Waals surface area (Å²) in [6.45, 7) is 5.32. The van der Waals surface area contributed by atoms with Crippen LogP contribution in [0.15, 0.2) is 18.2 Å². The first-order valence-corrected chi connectivity index (χ1v) is 6.60. The van der Waals surface area contributed by atoms with Gasteiger partial charge in [0.1, 0.15) is 11.5 Å². The zero-order valence-corrected chi connectivity index (χ0v) is 12.9. The third-order valence-electron chi connectivity index (χ3n) is 3.08. The van der Waals surface area contributed by atoms with Crippen molar-refractivity contribution in [2.24, 2.45) is 0 Å². The minimum Gasteiger partial charge on any atom is -0.497 e. The number of methoxy groups -OCH3 is 2. The largest absolute Gasteiger partial charge is 0.497 e. The Bertz CT molecular complexity index is 394. The summed E-state index contributed by atoms with van der Waals surface area (Å²) in [6, 6.07) is 6.50. The first-order chi connectivity index (χ1) is 8.97. The Kier molecular flexibility index (Phi) is 6.12. The van der Waals surface area contributed by atoms with Crippen molar-refractivity contribution in [3.63, 3.8) is 0 Å². The van der Waals surface area contributed by atoms with Crippen molar-refractivity contribution in [3.8, 4) is 11.5 Å². The van der Waals surface area contributed by atoms with Gasteiger partial charge in [0, 0.05) is 24.2 Å². The van der Waals surface area contributed by atoms with Gasteiger partial charge in [-0.3, -0.25) is 0 Å². The fourth-order valence-electron chi connectivity index (χ4n) is 2.29. The van der Waals surface area contributed by atoms with Gasteiger partial charge in [-0.2, -0.15) is 0 Å². The van der Waals surface area contributed by atoms with Crippen molar-refractivity contribution < 1.29 is 9.47 Å². The second-order valence-electron chi connectivity index (χ2n) is 5.16. The van der Waals surface area contributed by atoms with E-state index in [1.54, 1.807) is 14.2 Å². The van der Waals surface area contributed by atoms with E-state index in [-0.39, 0.29) is 6.04 Å². The van der Waals surface area contributed by atoms with E-state index < -0.39 is 0 Å². The van der Waals surface area contributed by atoms with E-state index in [4.69, 9.17) is 9.47 Å². The molecule has 2 atom stereocenters. The molecule has 1 aromatic rings. The molecular formula is C15H26N2O2. The van der Waals surface area contributed by atoms with E-state index in [2.05, 4.69) is 38.2 Å². The zero-order chi connectivity index (χ0) is 14.4. The SMILES string of the molecule is COc1ccc(OC)c(C(C)NC(C)CN(C)C)c1. The lowest BCUT2D eigenvalue weighted by Crippen LogP contribution is -2.37. The van der Waals surface area contributed by atoms with Gasteiger partial charge in [-0.15, -0.1) is 0 Å². The average Bonchev–Trinajstić information content (AvgIpc) is 2.36. The number of rotatable bonds is 7. The molecular weight excluding hydrogens is 240 g/mol. The molecule has 0 fully saturated rings. The van der Waals surface area contributed by atoms with Gasteiger partial charge in [-0.1, -0.05) is 0 Å². The van der Waals surface area contributed by atoms with E-state index in [1.807, 2.05) is 18.2 Å². The summed E-state index contributed by atoms with van der Waals surface area (Å²) in [5.74, 6) is 1.74. The molecule has 0 bridgehead atoms. The number of nitrogens with zero attached hydrogens (tertiary/aromatic N) is 1. The van der Waals surface area contributed by atoms with Gasteiger partial charge in [0.2, 0.25) is 0 Å². The normalized spacial score (nSPS) is 14.3. The molecule has 0 amide bonds. The van der Waals surface area contributed by atoms with Gasteiger partial charge in [0.05, 0.1) is 14.2 Å². The highest BCUT2D eigenvalue weighted by Crippen LogP contribution is 2.29. The third kappa shape index (κ3) is 4.73. The van der Waals surface area contributed by atoms with E-state index in [9.17, 15) is 0 Å². The Morgan fingerprint density at radius 3 is 2.37 bits per heavy atom. The van der Waals surface area contributed by atoms with Gasteiger partial charge >= 0.3 is 0 Å². The summed E-state index contributed by atoms with van der Waals surface area (Å²) in [6.07, 6.45) is 0. The second kappa shape index (κ2) is 7.36. The molecule has 0 aliphatic heterocycles. The van der Waals surface area contributed by atoms with Crippen molar-refractivity contribution in [1.29, 1.82) is 0 Å². The molecule has 0 radical (unpaired) electrons. The number of ether oxygens (including phenoxy) is 2. The summed E-state index contributed by atoms with van der Waals surface area (Å²) in [5, 5.41) is 3.58. The smallest absolute Gasteiger partial charge is 0.123 e. The maximum absolute atomic E-state index is 5.42. The first-order valence-electron chi connectivity index (χ1n) is 6.60. The van der Waals surface area contributed by atoms with Crippen LogP contribution in [0, 0.1) is 0 Å². The van der Waals surface area contributed by atoms with Crippen LogP contribution in [0.2, 0.25) is 0 Å². The Hall–Kier alpha value is -1.26. The number of nitrogens with one attached hydrogen (secondary N) is 1. The zero-order valence-electron chi connectivity index (χ0n) is 12.9. The fraction of sp³-hybridized carbons (Fsp3) is 0.600. The molecule has 0 saturated carbocycles. The Labute approximate surface area is 116 Å². The first kappa shape index (κ1) is 15.8. The van der Waals surface area contributed by atoms with Crippen LogP contribution in [0.4, 0.5) is 0 Å². The van der Waals surface area contributed by atoms with Crippen LogP contribution in [0.5, 0.6) is 11.5 Å². The highest BCUT2D eigenvalue weighted by Gasteiger charge is 2.15. The standard InChI is InChI=1S/C15H26N2O2/c1-11(10-17(3)4)16-12(2)14-9-13(18-5)7-8-15(14)19-6/h7-9,11-12,16H,10H2,1-6H3. The number of benzene rings is 1. The molecule has 0 aliphatic carbocycles. The summed E-state index contributed by atoms with van der Waals surface area (Å²) in [7, 11) is 7.53. The Balaban J connectivity index is 2.82. The predicted octanol–water partition coefficient (Wildman–Crippen LogP) is 2.30. The quantitative estimate of drug-likeness (QED) is 0.821. The van der Waals surface area contributed by atoms with Crippen molar-refractivity contribution in [2.75, 3.05) is 34.9 Å². The fourth-order valence-corrected chi connectivity index (χ4v) is 2.29. The highest BCUT2D eigenvalue weighted by molar-refractivity contribution is 5.42. The summed E-state index contributed by atoms with van der Waals surface area (Å²) in [5.41, 5.74) is 1.12. The van der Waals surface area contributed by atoms with Crippen LogP contribution in [-0.4, -0.2) is 45.8 Å². The van der Waals surface area contributed by atoms with Crippen LogP contribution >= 0.6 is 0 Å². The molecule has 2 unspecified atom stereocenters. The van der Waals surface area contributed by atoms with Gasteiger partial charge in [-0.05, 0) is 46.1 Å². The molecule has 0 spiro atoms. The van der Waals surface area contributed by atoms with Crippen LogP contribution < -0.4 is 14.8 Å². The minimum atomic E-state index is 0.208. The predicted molar refractivity (Wildman–Crippen MR) is 79.1 cm³/mol. The molecule has 108 valence electrons. The van der Waals surface area contributed by atoms with Crippen molar-refractivity contribution in [3.05, 3.63) is 23.8 Å². The summed E-state index contributed by atoms with van der Waals surface area (Å²) >= 11 is 0. The third-order valence-corrected chi connectivity index (χ3v) is 3.08. The molecule has 4 heteroatoms. The van der Waals surface area contributed by atoms with Gasteiger partial charge < -0.3 is 19.7 Å². The van der Waals surface area contributed by atoms with Crippen molar-refractivity contribution >= 4 is 0 Å². The monoisotopic (exact) mass is 266 g/mol. The van der Waals surface area contributed by atoms with Gasteiger partial charge in [0.25, 0.3) is 0 Å². The maximum atomic E-state index is 5.42. The number of hydrogen-bond acceptors (Lipinski definition) is 4. The van der Waals surface area contributed by atoms with Crippen LogP contribution in [-0.2, 0) is 0 Å². The number of likely N-dealkylation sites (N-methyl/N-ethyl adjacent to an activating group) is 1. The molecule has 0 saturated heterocycles. The van der Waals surface area contributed by atoms with E-state index >= 15 is 0 Å². The Morgan fingerprint density at radius 2 is 1.84 bits per heavy atom. The second-order valence-corrected chi connectivity index (χ2v) is 5.16. The van der Waals surface area contributed by atoms with E-state index in [0.29, 0.717) is 6.04 Å². The van der Waals surface area contributed by atoms with Gasteiger partial charge in [-0.25, -0.2) is 0 Å². The minimum absolute atomic E-state index is 0.208. The van der Waals surface area contributed by atoms with Crippen LogP contribution in [0.1, 0.15) is 25.5 Å².